The van der Waals surface area contributed by atoms with Gasteiger partial charge in [0.25, 0.3) is 0 Å². The van der Waals surface area contributed by atoms with Gasteiger partial charge in [-0.3, -0.25) is 4.79 Å². The van der Waals surface area contributed by atoms with E-state index in [1.807, 2.05) is 13.8 Å². The molecule has 0 aliphatic heterocycles. The number of nitrogens with zero attached hydrogens (tertiary/aromatic N) is 1. The molecule has 0 fully saturated rings. The largest absolute Gasteiger partial charge is 0.354 e. The topological polar surface area (TPSA) is 101 Å². The molecule has 1 atom stereocenters. The summed E-state index contributed by atoms with van der Waals surface area (Å²) in [5.41, 5.74) is 1.92. The lowest BCUT2D eigenvalue weighted by Crippen LogP contribution is -2.31. The summed E-state index contributed by atoms with van der Waals surface area (Å²) in [7, 11) is -3.53. The van der Waals surface area contributed by atoms with Gasteiger partial charge in [-0.25, -0.2) is 13.1 Å². The predicted octanol–water partition coefficient (Wildman–Crippen LogP) is 3.58. The van der Waals surface area contributed by atoms with Crippen LogP contribution in [0.3, 0.4) is 0 Å². The van der Waals surface area contributed by atoms with Crippen LogP contribution in [0, 0.1) is 6.92 Å². The number of hydrogen-bond donors (Lipinski definition) is 2. The smallest absolute Gasteiger partial charge is 0.240 e. The number of hydrogen-bond acceptors (Lipinski definition) is 5. The Balaban J connectivity index is 2.17. The predicted molar refractivity (Wildman–Crippen MR) is 106 cm³/mol. The summed E-state index contributed by atoms with van der Waals surface area (Å²) in [6.07, 6.45) is 4.52. The fourth-order valence-electron chi connectivity index (χ4n) is 2.23. The molecular formula is C19H25N3O4S. The number of benzene rings is 1. The van der Waals surface area contributed by atoms with E-state index in [2.05, 4.69) is 15.2 Å². The molecule has 7 nitrogen and oxygen atoms in total. The van der Waals surface area contributed by atoms with Crippen molar-refractivity contribution in [1.82, 2.24) is 9.88 Å². The zero-order chi connectivity index (χ0) is 20.0. The number of anilines is 1. The molecule has 1 aromatic heterocycles. The molecule has 2 N–H and O–H groups in total. The third kappa shape index (κ3) is 5.51. The van der Waals surface area contributed by atoms with Crippen LogP contribution in [-0.4, -0.2) is 25.5 Å². The average Bonchev–Trinajstić information content (AvgIpc) is 2.99. The molecule has 8 heteroatoms. The third-order valence-electron chi connectivity index (χ3n) is 4.06. The first-order valence-corrected chi connectivity index (χ1v) is 10.3. The summed E-state index contributed by atoms with van der Waals surface area (Å²) < 4.78 is 32.4. The normalized spacial score (nSPS) is 13.0. The maximum absolute atomic E-state index is 12.3. The van der Waals surface area contributed by atoms with Crippen LogP contribution < -0.4 is 10.0 Å². The molecule has 0 radical (unpaired) electrons. The highest BCUT2D eigenvalue weighted by Gasteiger charge is 2.16. The van der Waals surface area contributed by atoms with E-state index in [0.717, 1.165) is 5.56 Å². The van der Waals surface area contributed by atoms with Crippen molar-refractivity contribution >= 4 is 33.8 Å². The zero-order valence-electron chi connectivity index (χ0n) is 15.9. The van der Waals surface area contributed by atoms with Gasteiger partial charge in [0.2, 0.25) is 15.9 Å². The van der Waals surface area contributed by atoms with E-state index in [4.69, 9.17) is 4.52 Å². The highest BCUT2D eigenvalue weighted by molar-refractivity contribution is 7.89. The monoisotopic (exact) mass is 391 g/mol. The van der Waals surface area contributed by atoms with E-state index < -0.39 is 10.0 Å². The Morgan fingerprint density at radius 1 is 1.22 bits per heavy atom. The van der Waals surface area contributed by atoms with E-state index >= 15 is 0 Å². The molecule has 0 saturated carbocycles. The van der Waals surface area contributed by atoms with Gasteiger partial charge in [0.1, 0.15) is 11.4 Å². The van der Waals surface area contributed by atoms with Crippen LogP contribution >= 0.6 is 0 Å². The molecule has 146 valence electrons. The Bertz CT molecular complexity index is 915. The van der Waals surface area contributed by atoms with Crippen molar-refractivity contribution < 1.29 is 17.7 Å². The van der Waals surface area contributed by atoms with Gasteiger partial charge in [-0.2, -0.15) is 0 Å². The zero-order valence-corrected chi connectivity index (χ0v) is 16.8. The number of sulfonamides is 1. The van der Waals surface area contributed by atoms with Crippen molar-refractivity contribution in [2.45, 2.75) is 51.5 Å². The number of rotatable bonds is 8. The van der Waals surface area contributed by atoms with Gasteiger partial charge in [0.05, 0.1) is 4.90 Å². The van der Waals surface area contributed by atoms with Crippen LogP contribution in [0.25, 0.3) is 12.2 Å². The molecule has 1 aromatic carbocycles. The maximum Gasteiger partial charge on any atom is 0.240 e. The highest BCUT2D eigenvalue weighted by atomic mass is 32.2. The summed E-state index contributed by atoms with van der Waals surface area (Å²) >= 11 is 0. The number of aromatic nitrogens is 1. The molecule has 0 aliphatic carbocycles. The molecule has 1 heterocycles. The Labute approximate surface area is 159 Å². The van der Waals surface area contributed by atoms with Crippen molar-refractivity contribution in [3.63, 3.8) is 0 Å². The van der Waals surface area contributed by atoms with Crippen molar-refractivity contribution in [2.75, 3.05) is 5.32 Å². The molecule has 2 rings (SSSR count). The highest BCUT2D eigenvalue weighted by Crippen LogP contribution is 2.23. The quantitative estimate of drug-likeness (QED) is 0.716. The van der Waals surface area contributed by atoms with Crippen LogP contribution in [0.5, 0.6) is 0 Å². The minimum Gasteiger partial charge on any atom is -0.354 e. The summed E-state index contributed by atoms with van der Waals surface area (Å²) in [4.78, 5) is 11.8. The second kappa shape index (κ2) is 8.96. The Kier molecular flexibility index (Phi) is 6.92. The molecule has 27 heavy (non-hydrogen) atoms. The van der Waals surface area contributed by atoms with Crippen molar-refractivity contribution in [1.29, 1.82) is 0 Å². The van der Waals surface area contributed by atoms with Gasteiger partial charge in [-0.15, -0.1) is 0 Å². The number of nitrogens with one attached hydrogen (secondary N) is 2. The molecule has 0 bridgehead atoms. The van der Waals surface area contributed by atoms with Gasteiger partial charge < -0.3 is 9.84 Å². The van der Waals surface area contributed by atoms with Gasteiger partial charge in [0, 0.05) is 12.5 Å². The molecule has 0 saturated heterocycles. The summed E-state index contributed by atoms with van der Waals surface area (Å²) in [6.45, 7) is 7.25. The Hall–Kier alpha value is -2.45. The molecule has 0 aliphatic rings. The van der Waals surface area contributed by atoms with Crippen LogP contribution in [-0.2, 0) is 14.8 Å². The van der Waals surface area contributed by atoms with Crippen LogP contribution in [0.4, 0.5) is 5.69 Å². The third-order valence-corrected chi connectivity index (χ3v) is 5.67. The van der Waals surface area contributed by atoms with E-state index in [1.165, 1.54) is 0 Å². The standard InChI is InChI=1S/C19H25N3O4S/c1-5-13(3)22-27(24,25)16-10-7-15(8-11-16)9-12-17-19(14(4)21-26-17)20-18(23)6-2/h7-13,22H,5-6H2,1-4H3,(H,20,23). The summed E-state index contributed by atoms with van der Waals surface area (Å²) in [5, 5.41) is 6.63. The average molecular weight is 391 g/mol. The van der Waals surface area contributed by atoms with Crippen LogP contribution in [0.1, 0.15) is 50.6 Å². The number of carbonyl (C=O) groups excluding carboxylic acids is 1. The van der Waals surface area contributed by atoms with Gasteiger partial charge in [0.15, 0.2) is 5.76 Å². The molecular weight excluding hydrogens is 366 g/mol. The molecule has 1 amide bonds. The summed E-state index contributed by atoms with van der Waals surface area (Å²) in [5.74, 6) is 0.309. The van der Waals surface area contributed by atoms with E-state index in [0.29, 0.717) is 30.0 Å². The number of amides is 1. The minimum absolute atomic E-state index is 0.124. The number of aryl methyl sites for hydroxylation is 1. The fourth-order valence-corrected chi connectivity index (χ4v) is 3.55. The fraction of sp³-hybridized carbons (Fsp3) is 0.368. The molecule has 1 unspecified atom stereocenters. The first-order chi connectivity index (χ1) is 12.8. The SMILES string of the molecule is CCC(=O)Nc1c(C)noc1C=Cc1ccc(S(=O)(=O)NC(C)CC)cc1. The molecule has 2 aromatic rings. The summed E-state index contributed by atoms with van der Waals surface area (Å²) in [6, 6.07) is 6.39. The van der Waals surface area contributed by atoms with E-state index in [9.17, 15) is 13.2 Å². The second-order valence-electron chi connectivity index (χ2n) is 6.24. The van der Waals surface area contributed by atoms with E-state index in [1.54, 1.807) is 50.3 Å². The lowest BCUT2D eigenvalue weighted by atomic mass is 10.2. The Morgan fingerprint density at radius 2 is 1.89 bits per heavy atom. The van der Waals surface area contributed by atoms with Crippen molar-refractivity contribution in [3.05, 3.63) is 41.3 Å². The van der Waals surface area contributed by atoms with Crippen LogP contribution in [0.2, 0.25) is 0 Å². The van der Waals surface area contributed by atoms with Crippen LogP contribution in [0.15, 0.2) is 33.7 Å². The molecule has 0 spiro atoms. The second-order valence-corrected chi connectivity index (χ2v) is 7.96. The lowest BCUT2D eigenvalue weighted by molar-refractivity contribution is -0.115. The van der Waals surface area contributed by atoms with Gasteiger partial charge in [-0.1, -0.05) is 37.2 Å². The van der Waals surface area contributed by atoms with Crippen molar-refractivity contribution in [3.8, 4) is 0 Å². The van der Waals surface area contributed by atoms with E-state index in [-0.39, 0.29) is 16.8 Å². The first kappa shape index (κ1) is 20.9. The number of carbonyl (C=O) groups is 1. The maximum atomic E-state index is 12.3. The van der Waals surface area contributed by atoms with Gasteiger partial charge >= 0.3 is 0 Å². The lowest BCUT2D eigenvalue weighted by Gasteiger charge is -2.12. The minimum atomic E-state index is -3.53. The van der Waals surface area contributed by atoms with Gasteiger partial charge in [-0.05, 0) is 44.0 Å². The van der Waals surface area contributed by atoms with Crippen molar-refractivity contribution in [2.24, 2.45) is 0 Å². The Morgan fingerprint density at radius 3 is 2.48 bits per heavy atom. The first-order valence-electron chi connectivity index (χ1n) is 8.83.